The van der Waals surface area contributed by atoms with E-state index < -0.39 is 0 Å². The molecule has 2 fully saturated rings. The van der Waals surface area contributed by atoms with Gasteiger partial charge in [0.15, 0.2) is 0 Å². The van der Waals surface area contributed by atoms with E-state index in [1.165, 1.54) is 5.57 Å². The zero-order chi connectivity index (χ0) is 17.3. The fourth-order valence-corrected chi connectivity index (χ4v) is 4.38. The Balaban J connectivity index is 1.69. The Morgan fingerprint density at radius 1 is 1.29 bits per heavy atom. The van der Waals surface area contributed by atoms with Crippen molar-refractivity contribution in [1.29, 1.82) is 0 Å². The lowest BCUT2D eigenvalue weighted by molar-refractivity contribution is -0.127. The summed E-state index contributed by atoms with van der Waals surface area (Å²) in [6, 6.07) is -0.132. The number of allylic oxidation sites excluding steroid dienone is 1. The van der Waals surface area contributed by atoms with Crippen LogP contribution in [0.1, 0.15) is 65.7 Å². The minimum Gasteiger partial charge on any atom is -0.376 e. The first-order chi connectivity index (χ1) is 11.4. The summed E-state index contributed by atoms with van der Waals surface area (Å²) in [5, 5.41) is 6.25. The van der Waals surface area contributed by atoms with Gasteiger partial charge in [0, 0.05) is 18.6 Å². The second-order valence-corrected chi connectivity index (χ2v) is 8.36. The maximum atomic E-state index is 12.8. The van der Waals surface area contributed by atoms with Crippen molar-refractivity contribution in [2.75, 3.05) is 6.61 Å². The largest absolute Gasteiger partial charge is 0.376 e. The number of ether oxygens (including phenoxy) is 1. The average molecular weight is 334 g/mol. The molecule has 134 valence electrons. The lowest BCUT2D eigenvalue weighted by Crippen LogP contribution is -2.60. The number of nitrogens with one attached hydrogen (secondary N) is 2. The van der Waals surface area contributed by atoms with Gasteiger partial charge in [-0.1, -0.05) is 19.4 Å². The number of hydrogen-bond donors (Lipinski definition) is 2. The van der Waals surface area contributed by atoms with E-state index in [-0.39, 0.29) is 35.4 Å². The Morgan fingerprint density at radius 3 is 2.75 bits per heavy atom. The van der Waals surface area contributed by atoms with Gasteiger partial charge in [-0.25, -0.2) is 0 Å². The third-order valence-electron chi connectivity index (χ3n) is 5.71. The molecular weight excluding hydrogens is 304 g/mol. The molecule has 1 aliphatic carbocycles. The maximum Gasteiger partial charge on any atom is 0.247 e. The highest BCUT2D eigenvalue weighted by molar-refractivity contribution is 5.94. The standard InChI is InChI=1S/C19H30N2O3/c1-12-11-19(2,3)9-8-13(12)18(23)20-14-6-7-16(22)21-17(14)15-5-4-10-24-15/h14-15,17H,4-11H2,1-3H3,(H,20,23)(H,21,22)/t14-,15?,17-/m0/s1. The average Bonchev–Trinajstić information content (AvgIpc) is 3.02. The highest BCUT2D eigenvalue weighted by atomic mass is 16.5. The van der Waals surface area contributed by atoms with Gasteiger partial charge in [0.25, 0.3) is 0 Å². The zero-order valence-electron chi connectivity index (χ0n) is 15.1. The van der Waals surface area contributed by atoms with Crippen LogP contribution in [0.15, 0.2) is 11.1 Å². The molecule has 3 atom stereocenters. The zero-order valence-corrected chi connectivity index (χ0v) is 15.1. The van der Waals surface area contributed by atoms with E-state index in [2.05, 4.69) is 31.4 Å². The highest BCUT2D eigenvalue weighted by Gasteiger charge is 2.38. The minimum absolute atomic E-state index is 0.0277. The van der Waals surface area contributed by atoms with Gasteiger partial charge < -0.3 is 15.4 Å². The van der Waals surface area contributed by atoms with Crippen molar-refractivity contribution < 1.29 is 14.3 Å². The van der Waals surface area contributed by atoms with Gasteiger partial charge in [0.2, 0.25) is 11.8 Å². The first-order valence-corrected chi connectivity index (χ1v) is 9.26. The van der Waals surface area contributed by atoms with Gasteiger partial charge in [-0.05, 0) is 50.9 Å². The first-order valence-electron chi connectivity index (χ1n) is 9.26. The predicted molar refractivity (Wildman–Crippen MR) is 92.4 cm³/mol. The highest BCUT2D eigenvalue weighted by Crippen LogP contribution is 2.38. The molecule has 2 saturated heterocycles. The number of piperidine rings is 1. The van der Waals surface area contributed by atoms with Crippen LogP contribution in [0, 0.1) is 5.41 Å². The summed E-state index contributed by atoms with van der Waals surface area (Å²) in [5.74, 6) is 0.114. The van der Waals surface area contributed by atoms with Crippen molar-refractivity contribution >= 4 is 11.8 Å². The lowest BCUT2D eigenvalue weighted by Gasteiger charge is -2.37. The van der Waals surface area contributed by atoms with Crippen LogP contribution < -0.4 is 10.6 Å². The maximum absolute atomic E-state index is 12.8. The quantitative estimate of drug-likeness (QED) is 0.833. The number of hydrogen-bond acceptors (Lipinski definition) is 3. The number of carbonyl (C=O) groups is 2. The molecule has 0 aromatic rings. The van der Waals surface area contributed by atoms with Crippen LogP contribution in [0.3, 0.4) is 0 Å². The van der Waals surface area contributed by atoms with Gasteiger partial charge in [-0.2, -0.15) is 0 Å². The van der Waals surface area contributed by atoms with E-state index in [4.69, 9.17) is 4.74 Å². The van der Waals surface area contributed by atoms with Crippen LogP contribution in [0.4, 0.5) is 0 Å². The number of carbonyl (C=O) groups excluding carboxylic acids is 2. The molecule has 1 unspecified atom stereocenters. The number of rotatable bonds is 3. The third-order valence-corrected chi connectivity index (χ3v) is 5.71. The summed E-state index contributed by atoms with van der Waals surface area (Å²) in [6.07, 6.45) is 6.04. The van der Waals surface area contributed by atoms with Crippen LogP contribution in [-0.4, -0.2) is 36.6 Å². The smallest absolute Gasteiger partial charge is 0.247 e. The Bertz CT molecular complexity index is 547. The summed E-state index contributed by atoms with van der Waals surface area (Å²) in [4.78, 5) is 24.6. The van der Waals surface area contributed by atoms with E-state index >= 15 is 0 Å². The molecule has 24 heavy (non-hydrogen) atoms. The molecule has 3 aliphatic rings. The molecule has 0 radical (unpaired) electrons. The first kappa shape index (κ1) is 17.5. The van der Waals surface area contributed by atoms with Crippen LogP contribution in [0.2, 0.25) is 0 Å². The van der Waals surface area contributed by atoms with Gasteiger partial charge in [-0.15, -0.1) is 0 Å². The molecule has 2 N–H and O–H groups in total. The van der Waals surface area contributed by atoms with E-state index in [9.17, 15) is 9.59 Å². The normalized spacial score (nSPS) is 33.3. The van der Waals surface area contributed by atoms with Crippen LogP contribution in [-0.2, 0) is 14.3 Å². The van der Waals surface area contributed by atoms with Gasteiger partial charge in [0.1, 0.15) is 0 Å². The van der Waals surface area contributed by atoms with Crippen LogP contribution in [0.5, 0.6) is 0 Å². The van der Waals surface area contributed by atoms with E-state index in [1.807, 2.05) is 0 Å². The predicted octanol–water partition coefficient (Wildman–Crippen LogP) is 2.46. The summed E-state index contributed by atoms with van der Waals surface area (Å²) in [7, 11) is 0. The molecular formula is C19H30N2O3. The number of amides is 2. The minimum atomic E-state index is -0.0985. The van der Waals surface area contributed by atoms with Gasteiger partial charge in [0.05, 0.1) is 18.2 Å². The fraction of sp³-hybridized carbons (Fsp3) is 0.789. The van der Waals surface area contributed by atoms with E-state index in [1.54, 1.807) is 0 Å². The van der Waals surface area contributed by atoms with Crippen molar-refractivity contribution in [3.63, 3.8) is 0 Å². The molecule has 0 spiro atoms. The SMILES string of the molecule is CC1=C(C(=O)N[C@H]2CCC(=O)N[C@@H]2C2CCCO2)CCC(C)(C)C1. The third kappa shape index (κ3) is 3.82. The molecule has 5 heteroatoms. The molecule has 3 rings (SSSR count). The van der Waals surface area contributed by atoms with Crippen molar-refractivity contribution in [3.05, 3.63) is 11.1 Å². The Labute approximate surface area is 144 Å². The molecule has 0 saturated carbocycles. The van der Waals surface area contributed by atoms with E-state index in [0.29, 0.717) is 12.8 Å². The Kier molecular flexibility index (Phi) is 5.00. The molecule has 0 aromatic carbocycles. The van der Waals surface area contributed by atoms with Crippen molar-refractivity contribution in [3.8, 4) is 0 Å². The Morgan fingerprint density at radius 2 is 2.08 bits per heavy atom. The molecule has 2 aliphatic heterocycles. The van der Waals surface area contributed by atoms with Crippen molar-refractivity contribution in [2.24, 2.45) is 5.41 Å². The second kappa shape index (κ2) is 6.87. The van der Waals surface area contributed by atoms with Crippen LogP contribution in [0.25, 0.3) is 0 Å². The Hall–Kier alpha value is -1.36. The second-order valence-electron chi connectivity index (χ2n) is 8.36. The molecule has 2 amide bonds. The molecule has 0 aromatic heterocycles. The van der Waals surface area contributed by atoms with Gasteiger partial charge in [-0.3, -0.25) is 9.59 Å². The topological polar surface area (TPSA) is 67.4 Å². The lowest BCUT2D eigenvalue weighted by atomic mass is 9.74. The monoisotopic (exact) mass is 334 g/mol. The van der Waals surface area contributed by atoms with Gasteiger partial charge >= 0.3 is 0 Å². The molecule has 0 bridgehead atoms. The van der Waals surface area contributed by atoms with E-state index in [0.717, 1.165) is 44.3 Å². The fourth-order valence-electron chi connectivity index (χ4n) is 4.38. The molecule has 5 nitrogen and oxygen atoms in total. The summed E-state index contributed by atoms with van der Waals surface area (Å²) in [6.45, 7) is 7.34. The summed E-state index contributed by atoms with van der Waals surface area (Å²) >= 11 is 0. The van der Waals surface area contributed by atoms with Crippen LogP contribution >= 0.6 is 0 Å². The summed E-state index contributed by atoms with van der Waals surface area (Å²) in [5.41, 5.74) is 2.43. The van der Waals surface area contributed by atoms with Crippen molar-refractivity contribution in [2.45, 2.75) is 83.9 Å². The van der Waals surface area contributed by atoms with Crippen molar-refractivity contribution in [1.82, 2.24) is 10.6 Å². The molecule has 2 heterocycles. The summed E-state index contributed by atoms with van der Waals surface area (Å²) < 4.78 is 5.77.